The largest absolute Gasteiger partial charge is 0.384 e. The van der Waals surface area contributed by atoms with E-state index in [2.05, 4.69) is 5.32 Å². The number of likely N-dealkylation sites (tertiary alicyclic amines) is 1. The first kappa shape index (κ1) is 17.4. The van der Waals surface area contributed by atoms with Gasteiger partial charge in [-0.1, -0.05) is 54.6 Å². The molecule has 6 heteroatoms. The number of imide groups is 1. The predicted octanol–water partition coefficient (Wildman–Crippen LogP) is 1.80. The number of nitrogens with one attached hydrogen (secondary N) is 2. The number of amides is 2. The van der Waals surface area contributed by atoms with Crippen molar-refractivity contribution in [1.82, 2.24) is 10.2 Å². The van der Waals surface area contributed by atoms with E-state index in [9.17, 15) is 9.59 Å². The summed E-state index contributed by atoms with van der Waals surface area (Å²) in [5.74, 6) is -0.963. The van der Waals surface area contributed by atoms with E-state index in [1.165, 1.54) is 4.90 Å². The van der Waals surface area contributed by atoms with Crippen LogP contribution in [0.15, 0.2) is 54.6 Å². The molecule has 0 saturated carbocycles. The molecule has 2 saturated heterocycles. The van der Waals surface area contributed by atoms with E-state index in [0.29, 0.717) is 12.1 Å². The summed E-state index contributed by atoms with van der Waals surface area (Å²) in [5, 5.41) is 10.9. The molecule has 0 aliphatic carbocycles. The Morgan fingerprint density at radius 2 is 1.67 bits per heavy atom. The van der Waals surface area contributed by atoms with Gasteiger partial charge in [0.15, 0.2) is 0 Å². The van der Waals surface area contributed by atoms with Crippen molar-refractivity contribution in [1.29, 1.82) is 5.41 Å². The van der Waals surface area contributed by atoms with Gasteiger partial charge in [-0.25, -0.2) is 0 Å². The van der Waals surface area contributed by atoms with Crippen molar-refractivity contribution in [2.75, 3.05) is 0 Å². The average molecular weight is 362 g/mol. The zero-order valence-electron chi connectivity index (χ0n) is 15.1. The highest BCUT2D eigenvalue weighted by Gasteiger charge is 2.57. The Morgan fingerprint density at radius 1 is 1.04 bits per heavy atom. The van der Waals surface area contributed by atoms with Crippen LogP contribution in [0.5, 0.6) is 0 Å². The number of hydrogen-bond acceptors (Lipinski definition) is 4. The summed E-state index contributed by atoms with van der Waals surface area (Å²) in [4.78, 5) is 27.5. The first-order chi connectivity index (χ1) is 13.0. The molecule has 2 aliphatic heterocycles. The van der Waals surface area contributed by atoms with Crippen LogP contribution in [0, 0.1) is 17.2 Å². The minimum absolute atomic E-state index is 0.00772. The molecule has 2 amide bonds. The van der Waals surface area contributed by atoms with E-state index in [1.807, 2.05) is 49.4 Å². The highest BCUT2D eigenvalue weighted by atomic mass is 16.2. The standard InChI is InChI=1S/C21H22N4O2/c1-12-16-17(18(24-12)14-7-9-15(10-8-14)19(22)23)21(27)25(20(16)26)11-13-5-3-2-4-6-13/h2-10,12,16-18,24H,11H2,1H3,(H3,22,23)/t12-,16-,17-,18-/m0/s1. The number of fused-ring (bicyclic) bond motifs is 1. The normalized spacial score (nSPS) is 27.1. The van der Waals surface area contributed by atoms with Crippen molar-refractivity contribution >= 4 is 17.6 Å². The van der Waals surface area contributed by atoms with Gasteiger partial charge in [-0.3, -0.25) is 19.9 Å². The maximum absolute atomic E-state index is 13.1. The summed E-state index contributed by atoms with van der Waals surface area (Å²) in [7, 11) is 0. The van der Waals surface area contributed by atoms with Crippen molar-refractivity contribution in [2.24, 2.45) is 17.6 Å². The number of rotatable bonds is 4. The lowest BCUT2D eigenvalue weighted by Gasteiger charge is -2.21. The van der Waals surface area contributed by atoms with Gasteiger partial charge in [0.1, 0.15) is 5.84 Å². The quantitative estimate of drug-likeness (QED) is 0.439. The van der Waals surface area contributed by atoms with Gasteiger partial charge < -0.3 is 11.1 Å². The van der Waals surface area contributed by atoms with E-state index in [4.69, 9.17) is 11.1 Å². The molecule has 0 radical (unpaired) electrons. The van der Waals surface area contributed by atoms with E-state index in [0.717, 1.165) is 11.1 Å². The summed E-state index contributed by atoms with van der Waals surface area (Å²) < 4.78 is 0. The smallest absolute Gasteiger partial charge is 0.235 e. The van der Waals surface area contributed by atoms with Gasteiger partial charge in [-0.05, 0) is 18.1 Å². The molecule has 4 N–H and O–H groups in total. The zero-order valence-corrected chi connectivity index (χ0v) is 15.1. The second-order valence-electron chi connectivity index (χ2n) is 7.27. The molecule has 2 heterocycles. The number of amidine groups is 1. The Labute approximate surface area is 157 Å². The number of carbonyl (C=O) groups excluding carboxylic acids is 2. The highest BCUT2D eigenvalue weighted by Crippen LogP contribution is 2.44. The third-order valence-electron chi connectivity index (χ3n) is 5.59. The number of nitrogens with zero attached hydrogens (tertiary/aromatic N) is 1. The van der Waals surface area contributed by atoms with Gasteiger partial charge in [0.25, 0.3) is 0 Å². The van der Waals surface area contributed by atoms with Crippen LogP contribution < -0.4 is 11.1 Å². The zero-order chi connectivity index (χ0) is 19.1. The molecule has 27 heavy (non-hydrogen) atoms. The maximum atomic E-state index is 13.1. The fraction of sp³-hybridized carbons (Fsp3) is 0.286. The predicted molar refractivity (Wildman–Crippen MR) is 102 cm³/mol. The molecule has 0 aromatic heterocycles. The molecule has 2 aromatic rings. The van der Waals surface area contributed by atoms with Gasteiger partial charge in [0.05, 0.1) is 18.4 Å². The SMILES string of the molecule is C[C@@H]1N[C@@H](c2ccc(C(=N)N)cc2)[C@H]2C(=O)N(Cc3ccccc3)C(=O)[C@H]21. The number of benzene rings is 2. The number of carbonyl (C=O) groups is 2. The third kappa shape index (κ3) is 2.92. The van der Waals surface area contributed by atoms with Crippen molar-refractivity contribution < 1.29 is 9.59 Å². The molecule has 2 fully saturated rings. The van der Waals surface area contributed by atoms with E-state index in [-0.39, 0.29) is 35.7 Å². The van der Waals surface area contributed by atoms with Crippen LogP contribution in [0.3, 0.4) is 0 Å². The molecule has 138 valence electrons. The number of nitrogen functional groups attached to an aromatic ring is 1. The molecular formula is C21H22N4O2. The van der Waals surface area contributed by atoms with Crippen molar-refractivity contribution in [3.63, 3.8) is 0 Å². The van der Waals surface area contributed by atoms with Crippen LogP contribution in [0.2, 0.25) is 0 Å². The van der Waals surface area contributed by atoms with E-state index >= 15 is 0 Å². The molecule has 6 nitrogen and oxygen atoms in total. The number of hydrogen-bond donors (Lipinski definition) is 3. The molecular weight excluding hydrogens is 340 g/mol. The topological polar surface area (TPSA) is 99.3 Å². The molecule has 2 aromatic carbocycles. The second kappa shape index (κ2) is 6.63. The molecule has 0 unspecified atom stereocenters. The van der Waals surface area contributed by atoms with Gasteiger partial charge in [0, 0.05) is 17.6 Å². The van der Waals surface area contributed by atoms with Crippen LogP contribution in [-0.4, -0.2) is 28.6 Å². The summed E-state index contributed by atoms with van der Waals surface area (Å²) in [5.41, 5.74) is 8.04. The Bertz CT molecular complexity index is 894. The lowest BCUT2D eigenvalue weighted by Crippen LogP contribution is -2.37. The average Bonchev–Trinajstić information content (AvgIpc) is 3.14. The van der Waals surface area contributed by atoms with Gasteiger partial charge >= 0.3 is 0 Å². The second-order valence-corrected chi connectivity index (χ2v) is 7.27. The molecule has 4 rings (SSSR count). The Kier molecular flexibility index (Phi) is 4.28. The third-order valence-corrected chi connectivity index (χ3v) is 5.59. The molecule has 0 spiro atoms. The van der Waals surface area contributed by atoms with Crippen molar-refractivity contribution in [3.8, 4) is 0 Å². The highest BCUT2D eigenvalue weighted by molar-refractivity contribution is 6.06. The minimum Gasteiger partial charge on any atom is -0.384 e. The van der Waals surface area contributed by atoms with Crippen molar-refractivity contribution in [3.05, 3.63) is 71.3 Å². The van der Waals surface area contributed by atoms with Gasteiger partial charge in [0.2, 0.25) is 11.8 Å². The summed E-state index contributed by atoms with van der Waals surface area (Å²) in [6.07, 6.45) is 0. The summed E-state index contributed by atoms with van der Waals surface area (Å²) in [6.45, 7) is 2.27. The fourth-order valence-corrected chi connectivity index (χ4v) is 4.24. The van der Waals surface area contributed by atoms with Crippen LogP contribution in [0.1, 0.15) is 29.7 Å². The first-order valence-corrected chi connectivity index (χ1v) is 9.07. The summed E-state index contributed by atoms with van der Waals surface area (Å²) in [6, 6.07) is 16.6. The molecule has 2 aliphatic rings. The van der Waals surface area contributed by atoms with Gasteiger partial charge in [-0.15, -0.1) is 0 Å². The van der Waals surface area contributed by atoms with Crippen LogP contribution in [0.4, 0.5) is 0 Å². The lowest BCUT2D eigenvalue weighted by molar-refractivity contribution is -0.141. The lowest BCUT2D eigenvalue weighted by atomic mass is 9.87. The van der Waals surface area contributed by atoms with Gasteiger partial charge in [-0.2, -0.15) is 0 Å². The Balaban J connectivity index is 1.62. The molecule has 0 bridgehead atoms. The monoisotopic (exact) mass is 362 g/mol. The van der Waals surface area contributed by atoms with Crippen LogP contribution in [-0.2, 0) is 16.1 Å². The first-order valence-electron chi connectivity index (χ1n) is 9.07. The number of nitrogens with two attached hydrogens (primary N) is 1. The Morgan fingerprint density at radius 3 is 2.30 bits per heavy atom. The van der Waals surface area contributed by atoms with Crippen molar-refractivity contribution in [2.45, 2.75) is 25.6 Å². The van der Waals surface area contributed by atoms with E-state index in [1.54, 1.807) is 12.1 Å². The fourth-order valence-electron chi connectivity index (χ4n) is 4.24. The van der Waals surface area contributed by atoms with Crippen LogP contribution >= 0.6 is 0 Å². The summed E-state index contributed by atoms with van der Waals surface area (Å²) >= 11 is 0. The minimum atomic E-state index is -0.403. The van der Waals surface area contributed by atoms with E-state index < -0.39 is 5.92 Å². The Hall–Kier alpha value is -2.99. The maximum Gasteiger partial charge on any atom is 0.235 e. The van der Waals surface area contributed by atoms with Crippen LogP contribution in [0.25, 0.3) is 0 Å². The molecule has 4 atom stereocenters.